The van der Waals surface area contributed by atoms with Gasteiger partial charge in [0, 0.05) is 23.7 Å². The molecule has 0 spiro atoms. The first kappa shape index (κ1) is 19.3. The van der Waals surface area contributed by atoms with Crippen molar-refractivity contribution in [1.29, 1.82) is 0 Å². The number of aryl methyl sites for hydroxylation is 1. The molecule has 3 rings (SSSR count). The summed E-state index contributed by atoms with van der Waals surface area (Å²) in [5, 5.41) is 7.21. The smallest absolute Gasteiger partial charge is 0.171 e. The van der Waals surface area contributed by atoms with Crippen LogP contribution in [0.2, 0.25) is 0 Å². The number of hydrogen-bond acceptors (Lipinski definition) is 4. The maximum Gasteiger partial charge on any atom is 0.171 e. The number of fused-ring (bicyclic) bond motifs is 1. The van der Waals surface area contributed by atoms with Crippen LogP contribution in [0.25, 0.3) is 0 Å². The third-order valence-electron chi connectivity index (χ3n) is 4.57. The normalized spacial score (nSPS) is 17.3. The molecule has 2 aromatic rings. The van der Waals surface area contributed by atoms with Crippen molar-refractivity contribution >= 4 is 23.0 Å². The van der Waals surface area contributed by atoms with E-state index >= 15 is 0 Å². The first-order valence-corrected chi connectivity index (χ1v) is 9.31. The molecule has 0 unspecified atom stereocenters. The van der Waals surface area contributed by atoms with Gasteiger partial charge in [0.2, 0.25) is 0 Å². The molecular formula is C21H26N2O3S. The maximum atomic E-state index is 6.15. The zero-order valence-electron chi connectivity index (χ0n) is 16.4. The van der Waals surface area contributed by atoms with Crippen molar-refractivity contribution < 1.29 is 14.2 Å². The first-order valence-electron chi connectivity index (χ1n) is 8.90. The van der Waals surface area contributed by atoms with Crippen LogP contribution < -0.4 is 24.8 Å². The Morgan fingerprint density at radius 2 is 1.85 bits per heavy atom. The number of anilines is 1. The van der Waals surface area contributed by atoms with Crippen LogP contribution in [0.15, 0.2) is 36.4 Å². The van der Waals surface area contributed by atoms with E-state index in [4.69, 9.17) is 26.4 Å². The van der Waals surface area contributed by atoms with E-state index in [9.17, 15) is 0 Å². The van der Waals surface area contributed by atoms with Crippen LogP contribution in [-0.4, -0.2) is 24.9 Å². The summed E-state index contributed by atoms with van der Waals surface area (Å²) in [7, 11) is 3.23. The van der Waals surface area contributed by atoms with Gasteiger partial charge < -0.3 is 24.8 Å². The van der Waals surface area contributed by atoms with Crippen LogP contribution >= 0.6 is 12.2 Å². The van der Waals surface area contributed by atoms with Crippen molar-refractivity contribution in [3.63, 3.8) is 0 Å². The van der Waals surface area contributed by atoms with Gasteiger partial charge in [0.1, 0.15) is 11.4 Å². The number of benzene rings is 2. The second-order valence-electron chi connectivity index (χ2n) is 7.33. The lowest BCUT2D eigenvalue weighted by Gasteiger charge is -2.38. The van der Waals surface area contributed by atoms with E-state index < -0.39 is 0 Å². The zero-order chi connectivity index (χ0) is 19.6. The summed E-state index contributed by atoms with van der Waals surface area (Å²) >= 11 is 5.55. The highest BCUT2D eigenvalue weighted by atomic mass is 32.1. The van der Waals surface area contributed by atoms with Crippen LogP contribution in [0.4, 0.5) is 5.69 Å². The van der Waals surface area contributed by atoms with E-state index in [0.717, 1.165) is 23.4 Å². The fourth-order valence-corrected chi connectivity index (χ4v) is 3.59. The van der Waals surface area contributed by atoms with Crippen LogP contribution in [0, 0.1) is 6.92 Å². The number of methoxy groups -OCH3 is 2. The quantitative estimate of drug-likeness (QED) is 0.749. The van der Waals surface area contributed by atoms with Gasteiger partial charge in [-0.25, -0.2) is 0 Å². The lowest BCUT2D eigenvalue weighted by molar-refractivity contribution is 0.0696. The SMILES string of the molecule is COc1ccc(NC(=S)N[C@H]2CC(C)(C)Oc3cc(C)ccc32)cc1OC. The number of ether oxygens (including phenoxy) is 3. The van der Waals surface area contributed by atoms with Gasteiger partial charge in [-0.1, -0.05) is 12.1 Å². The van der Waals surface area contributed by atoms with Crippen LogP contribution in [0.5, 0.6) is 17.2 Å². The van der Waals surface area contributed by atoms with Crippen molar-refractivity contribution in [2.45, 2.75) is 38.8 Å². The van der Waals surface area contributed by atoms with Gasteiger partial charge in [-0.15, -0.1) is 0 Å². The molecule has 1 aliphatic rings. The van der Waals surface area contributed by atoms with Gasteiger partial charge in [-0.3, -0.25) is 0 Å². The van der Waals surface area contributed by atoms with E-state index in [-0.39, 0.29) is 11.6 Å². The average molecular weight is 387 g/mol. The molecule has 1 aliphatic heterocycles. The molecule has 0 fully saturated rings. The molecule has 2 aromatic carbocycles. The Labute approximate surface area is 166 Å². The summed E-state index contributed by atoms with van der Waals surface area (Å²) in [6.45, 7) is 6.26. The Morgan fingerprint density at radius 1 is 1.11 bits per heavy atom. The van der Waals surface area contributed by atoms with Gasteiger partial charge >= 0.3 is 0 Å². The Kier molecular flexibility index (Phi) is 5.46. The molecule has 5 nitrogen and oxygen atoms in total. The Bertz CT molecular complexity index is 851. The van der Waals surface area contributed by atoms with E-state index in [2.05, 4.69) is 49.6 Å². The van der Waals surface area contributed by atoms with Crippen LogP contribution in [0.1, 0.15) is 37.4 Å². The van der Waals surface area contributed by atoms with Gasteiger partial charge in [-0.2, -0.15) is 0 Å². The molecule has 6 heteroatoms. The fourth-order valence-electron chi connectivity index (χ4n) is 3.33. The van der Waals surface area contributed by atoms with Crippen molar-refractivity contribution in [3.8, 4) is 17.2 Å². The predicted octanol–water partition coefficient (Wildman–Crippen LogP) is 4.60. The Morgan fingerprint density at radius 3 is 2.56 bits per heavy atom. The summed E-state index contributed by atoms with van der Waals surface area (Å²) in [4.78, 5) is 0. The highest BCUT2D eigenvalue weighted by Gasteiger charge is 2.34. The summed E-state index contributed by atoms with van der Waals surface area (Å²) in [6, 6.07) is 12.0. The lowest BCUT2D eigenvalue weighted by atomic mass is 9.89. The summed E-state index contributed by atoms with van der Waals surface area (Å²) < 4.78 is 16.8. The molecule has 27 heavy (non-hydrogen) atoms. The summed E-state index contributed by atoms with van der Waals surface area (Å²) in [5.41, 5.74) is 2.87. The molecule has 0 aromatic heterocycles. The molecule has 0 bridgehead atoms. The third kappa shape index (κ3) is 4.45. The number of rotatable bonds is 4. The maximum absolute atomic E-state index is 6.15. The molecule has 0 saturated carbocycles. The van der Waals surface area contributed by atoms with Crippen molar-refractivity contribution in [2.75, 3.05) is 19.5 Å². The van der Waals surface area contributed by atoms with Gasteiger partial charge in [0.15, 0.2) is 16.6 Å². The van der Waals surface area contributed by atoms with Crippen molar-refractivity contribution in [3.05, 3.63) is 47.5 Å². The standard InChI is InChI=1S/C21H26N2O3S/c1-13-6-8-15-16(12-21(2,3)26-18(15)10-13)23-20(27)22-14-7-9-17(24-4)19(11-14)25-5/h6-11,16H,12H2,1-5H3,(H2,22,23,27)/t16-/m0/s1. The Hall–Kier alpha value is -2.47. The van der Waals surface area contributed by atoms with Crippen LogP contribution in [-0.2, 0) is 0 Å². The number of hydrogen-bond donors (Lipinski definition) is 2. The summed E-state index contributed by atoms with van der Waals surface area (Å²) in [6.07, 6.45) is 0.816. The minimum Gasteiger partial charge on any atom is -0.493 e. The van der Waals surface area contributed by atoms with Gasteiger partial charge in [0.05, 0.1) is 20.3 Å². The molecule has 1 atom stereocenters. The van der Waals surface area contributed by atoms with Gasteiger partial charge in [-0.05, 0) is 56.8 Å². The van der Waals surface area contributed by atoms with E-state index in [0.29, 0.717) is 16.6 Å². The van der Waals surface area contributed by atoms with Crippen LogP contribution in [0.3, 0.4) is 0 Å². The monoisotopic (exact) mass is 386 g/mol. The molecular weight excluding hydrogens is 360 g/mol. The van der Waals surface area contributed by atoms with Gasteiger partial charge in [0.25, 0.3) is 0 Å². The minimum atomic E-state index is -0.266. The second kappa shape index (κ2) is 7.64. The topological polar surface area (TPSA) is 51.8 Å². The van der Waals surface area contributed by atoms with E-state index in [1.807, 2.05) is 18.2 Å². The number of nitrogens with one attached hydrogen (secondary N) is 2. The largest absolute Gasteiger partial charge is 0.493 e. The first-order chi connectivity index (χ1) is 12.8. The Balaban J connectivity index is 1.76. The predicted molar refractivity (Wildman–Crippen MR) is 112 cm³/mol. The average Bonchev–Trinajstić information content (AvgIpc) is 2.60. The highest BCUT2D eigenvalue weighted by molar-refractivity contribution is 7.80. The molecule has 0 radical (unpaired) electrons. The van der Waals surface area contributed by atoms with E-state index in [1.165, 1.54) is 5.56 Å². The molecule has 144 valence electrons. The zero-order valence-corrected chi connectivity index (χ0v) is 17.2. The molecule has 0 amide bonds. The third-order valence-corrected chi connectivity index (χ3v) is 4.79. The minimum absolute atomic E-state index is 0.0736. The number of thiocarbonyl (C=S) groups is 1. The molecule has 0 aliphatic carbocycles. The molecule has 1 heterocycles. The lowest BCUT2D eigenvalue weighted by Crippen LogP contribution is -2.42. The fraction of sp³-hybridized carbons (Fsp3) is 0.381. The van der Waals surface area contributed by atoms with E-state index in [1.54, 1.807) is 14.2 Å². The van der Waals surface area contributed by atoms with Crippen molar-refractivity contribution in [1.82, 2.24) is 5.32 Å². The van der Waals surface area contributed by atoms with Crippen molar-refractivity contribution in [2.24, 2.45) is 0 Å². The summed E-state index contributed by atoms with van der Waals surface area (Å²) in [5.74, 6) is 2.24. The second-order valence-corrected chi connectivity index (χ2v) is 7.74. The highest BCUT2D eigenvalue weighted by Crippen LogP contribution is 2.40. The molecule has 2 N–H and O–H groups in total. The molecule has 0 saturated heterocycles.